The molecule has 4 aliphatic heterocycles. The summed E-state index contributed by atoms with van der Waals surface area (Å²) in [4.78, 5) is 0. The Morgan fingerprint density at radius 1 is 0.522 bits per heavy atom. The molecule has 0 aliphatic carbocycles. The molecular weight excluding hydrogens is 588 g/mol. The Hall–Kier alpha value is -3.50. The van der Waals surface area contributed by atoms with Crippen LogP contribution in [0.5, 0.6) is 34.5 Å². The molecule has 0 radical (unpaired) electrons. The maximum Gasteiger partial charge on any atom is 0.187 e. The van der Waals surface area contributed by atoms with Crippen molar-refractivity contribution in [3.63, 3.8) is 0 Å². The van der Waals surface area contributed by atoms with Crippen molar-refractivity contribution >= 4 is 0 Å². The summed E-state index contributed by atoms with van der Waals surface area (Å²) in [6.45, 7) is 17.6. The zero-order chi connectivity index (χ0) is 33.3. The van der Waals surface area contributed by atoms with Gasteiger partial charge in [0.05, 0.1) is 35.0 Å². The van der Waals surface area contributed by atoms with E-state index in [0.29, 0.717) is 44.9 Å². The van der Waals surface area contributed by atoms with Crippen LogP contribution in [0, 0.1) is 20.8 Å². The highest BCUT2D eigenvalue weighted by Gasteiger charge is 2.49. The second-order valence-corrected chi connectivity index (χ2v) is 13.8. The standard InChI is InChI=1S/C37H44O9/c1-12-18(7)43-33(26-22(39)11-21(38)15(4)23(12)26)29-31(40)16(5)24-13(2)19(8)44-34-27(24)35(29)46-36-28-25(17(6)32(41)30(34)36)14(3)20(9)45-37(28)42-10/h11-14,18-20,33-34,37-41H,1-10H3. The minimum absolute atomic E-state index is 0.00369. The van der Waals surface area contributed by atoms with Gasteiger partial charge in [0.1, 0.15) is 46.7 Å². The molecule has 9 atom stereocenters. The van der Waals surface area contributed by atoms with Gasteiger partial charge in [-0.05, 0) is 74.9 Å². The molecule has 4 heterocycles. The highest BCUT2D eigenvalue weighted by atomic mass is 16.7. The third kappa shape index (κ3) is 3.95. The number of aromatic hydroxyl groups is 4. The van der Waals surface area contributed by atoms with Gasteiger partial charge in [-0.3, -0.25) is 0 Å². The van der Waals surface area contributed by atoms with E-state index in [0.717, 1.165) is 27.8 Å². The highest BCUT2D eigenvalue weighted by molar-refractivity contribution is 5.73. The largest absolute Gasteiger partial charge is 0.508 e. The number of hydrogen-bond acceptors (Lipinski definition) is 9. The third-order valence-electron chi connectivity index (χ3n) is 11.4. The van der Waals surface area contributed by atoms with Crippen molar-refractivity contribution in [1.82, 2.24) is 0 Å². The third-order valence-corrected chi connectivity index (χ3v) is 11.4. The lowest BCUT2D eigenvalue weighted by atomic mass is 9.74. The summed E-state index contributed by atoms with van der Waals surface area (Å²) in [7, 11) is 1.58. The van der Waals surface area contributed by atoms with Crippen molar-refractivity contribution < 1.29 is 44.1 Å². The first-order chi connectivity index (χ1) is 21.7. The molecule has 3 aromatic carbocycles. The van der Waals surface area contributed by atoms with E-state index in [1.807, 2.05) is 48.5 Å². The molecule has 9 nitrogen and oxygen atoms in total. The lowest BCUT2D eigenvalue weighted by Crippen LogP contribution is -2.35. The van der Waals surface area contributed by atoms with E-state index in [9.17, 15) is 20.4 Å². The Labute approximate surface area is 269 Å². The predicted octanol–water partition coefficient (Wildman–Crippen LogP) is 7.93. The lowest BCUT2D eigenvalue weighted by Gasteiger charge is -2.45. The smallest absolute Gasteiger partial charge is 0.187 e. The van der Waals surface area contributed by atoms with Crippen molar-refractivity contribution in [1.29, 1.82) is 0 Å². The van der Waals surface area contributed by atoms with Crippen molar-refractivity contribution in [2.45, 2.75) is 117 Å². The normalized spacial score (nSPS) is 31.0. The molecule has 9 unspecified atom stereocenters. The van der Waals surface area contributed by atoms with Gasteiger partial charge in [0.25, 0.3) is 0 Å². The summed E-state index contributed by atoms with van der Waals surface area (Å²) in [5.74, 6) is 0.404. The number of ether oxygens (including phenoxy) is 5. The van der Waals surface area contributed by atoms with E-state index in [1.165, 1.54) is 6.07 Å². The fourth-order valence-electron chi connectivity index (χ4n) is 8.43. The summed E-state index contributed by atoms with van der Waals surface area (Å²) in [5.41, 5.74) is 7.34. The van der Waals surface area contributed by atoms with E-state index in [1.54, 1.807) is 7.11 Å². The molecule has 4 N–H and O–H groups in total. The summed E-state index contributed by atoms with van der Waals surface area (Å²) in [6.07, 6.45) is -3.16. The fraction of sp³-hybridized carbons (Fsp3) is 0.514. The van der Waals surface area contributed by atoms with E-state index < -0.39 is 18.5 Å². The Morgan fingerprint density at radius 2 is 0.957 bits per heavy atom. The van der Waals surface area contributed by atoms with Crippen LogP contribution in [0.1, 0.15) is 139 Å². The zero-order valence-electron chi connectivity index (χ0n) is 28.1. The van der Waals surface area contributed by atoms with Gasteiger partial charge in [0.2, 0.25) is 0 Å². The lowest BCUT2D eigenvalue weighted by molar-refractivity contribution is -0.170. The average molecular weight is 633 g/mol. The Morgan fingerprint density at radius 3 is 1.48 bits per heavy atom. The molecule has 0 saturated heterocycles. The number of rotatable bonds is 2. The van der Waals surface area contributed by atoms with E-state index in [2.05, 4.69) is 13.8 Å². The molecule has 9 heteroatoms. The van der Waals surface area contributed by atoms with Crippen LogP contribution in [0.25, 0.3) is 0 Å². The number of benzene rings is 3. The van der Waals surface area contributed by atoms with Crippen molar-refractivity contribution in [2.75, 3.05) is 7.11 Å². The number of phenolic OH excluding ortho intramolecular Hbond substituents is 4. The molecule has 3 aromatic rings. The van der Waals surface area contributed by atoms with Gasteiger partial charge in [0, 0.05) is 42.1 Å². The van der Waals surface area contributed by atoms with Crippen LogP contribution in [0.15, 0.2) is 6.07 Å². The van der Waals surface area contributed by atoms with E-state index in [-0.39, 0.29) is 59.1 Å². The molecule has 0 aromatic heterocycles. The SMILES string of the molecule is COC1OC(C)C(C)c2c(C)c(O)c3c(c21)Oc1c(C2OC(C)C(C)c4c(C)c(O)cc(O)c42)c(O)c(C)c2c1C3OC(C)C2C. The van der Waals surface area contributed by atoms with Crippen LogP contribution >= 0.6 is 0 Å². The van der Waals surface area contributed by atoms with Crippen LogP contribution in [-0.4, -0.2) is 45.8 Å². The molecule has 0 spiro atoms. The number of hydrogen-bond donors (Lipinski definition) is 4. The Kier molecular flexibility index (Phi) is 7.11. The first-order valence-electron chi connectivity index (χ1n) is 16.2. The van der Waals surface area contributed by atoms with Gasteiger partial charge in [0.15, 0.2) is 6.29 Å². The molecular formula is C37H44O9. The van der Waals surface area contributed by atoms with Crippen LogP contribution in [0.4, 0.5) is 0 Å². The minimum atomic E-state index is -0.931. The minimum Gasteiger partial charge on any atom is -0.508 e. The first kappa shape index (κ1) is 31.1. The van der Waals surface area contributed by atoms with Crippen molar-refractivity contribution in [2.24, 2.45) is 0 Å². The van der Waals surface area contributed by atoms with E-state index >= 15 is 0 Å². The van der Waals surface area contributed by atoms with Crippen molar-refractivity contribution in [3.05, 3.63) is 67.3 Å². The quantitative estimate of drug-likeness (QED) is 0.223. The molecule has 46 heavy (non-hydrogen) atoms. The summed E-state index contributed by atoms with van der Waals surface area (Å²) in [5, 5.41) is 46.1. The molecule has 7 rings (SSSR count). The topological polar surface area (TPSA) is 127 Å². The second kappa shape index (κ2) is 10.5. The van der Waals surface area contributed by atoms with E-state index in [4.69, 9.17) is 23.7 Å². The van der Waals surface area contributed by atoms with Crippen LogP contribution in [0.2, 0.25) is 0 Å². The van der Waals surface area contributed by atoms with Crippen LogP contribution in [0.3, 0.4) is 0 Å². The highest BCUT2D eigenvalue weighted by Crippen LogP contribution is 2.64. The molecule has 0 amide bonds. The fourth-order valence-corrected chi connectivity index (χ4v) is 8.43. The van der Waals surface area contributed by atoms with Gasteiger partial charge in [-0.25, -0.2) is 0 Å². The monoisotopic (exact) mass is 632 g/mol. The number of phenols is 4. The van der Waals surface area contributed by atoms with Crippen LogP contribution in [-0.2, 0) is 18.9 Å². The summed E-state index contributed by atoms with van der Waals surface area (Å²) in [6, 6.07) is 1.33. The maximum atomic E-state index is 12.2. The van der Waals surface area contributed by atoms with Gasteiger partial charge >= 0.3 is 0 Å². The van der Waals surface area contributed by atoms with Crippen LogP contribution < -0.4 is 4.74 Å². The first-order valence-corrected chi connectivity index (χ1v) is 16.2. The van der Waals surface area contributed by atoms with Crippen molar-refractivity contribution in [3.8, 4) is 34.5 Å². The van der Waals surface area contributed by atoms with Gasteiger partial charge in [-0.2, -0.15) is 0 Å². The van der Waals surface area contributed by atoms with Gasteiger partial charge in [-0.1, -0.05) is 20.8 Å². The summed E-state index contributed by atoms with van der Waals surface area (Å²) < 4.78 is 32.6. The maximum absolute atomic E-state index is 12.2. The Bertz CT molecular complexity index is 1800. The number of methoxy groups -OCH3 is 1. The second-order valence-electron chi connectivity index (χ2n) is 13.8. The average Bonchev–Trinajstić information content (AvgIpc) is 3.01. The molecule has 0 bridgehead atoms. The molecule has 0 fully saturated rings. The molecule has 246 valence electrons. The molecule has 0 saturated carbocycles. The van der Waals surface area contributed by atoms with Gasteiger partial charge in [-0.15, -0.1) is 0 Å². The zero-order valence-corrected chi connectivity index (χ0v) is 28.1. The molecule has 4 aliphatic rings. The summed E-state index contributed by atoms with van der Waals surface area (Å²) >= 11 is 0. The van der Waals surface area contributed by atoms with Gasteiger partial charge < -0.3 is 44.1 Å². The number of fused-ring (bicyclic) bond motifs is 5. The Balaban J connectivity index is 1.58. The predicted molar refractivity (Wildman–Crippen MR) is 171 cm³/mol.